The van der Waals surface area contributed by atoms with E-state index in [4.69, 9.17) is 24.5 Å². The van der Waals surface area contributed by atoms with Gasteiger partial charge in [0.2, 0.25) is 0 Å². The van der Waals surface area contributed by atoms with Crippen LogP contribution in [-0.4, -0.2) is 48.7 Å². The summed E-state index contributed by atoms with van der Waals surface area (Å²) in [5, 5.41) is 20.4. The van der Waals surface area contributed by atoms with Crippen molar-refractivity contribution in [2.24, 2.45) is 0 Å². The van der Waals surface area contributed by atoms with Crippen LogP contribution in [0, 0.1) is 0 Å². The van der Waals surface area contributed by atoms with Crippen LogP contribution >= 0.6 is 15.9 Å². The number of hydroxylamine groups is 1. The molecule has 0 unspecified atom stereocenters. The lowest BCUT2D eigenvalue weighted by Crippen LogP contribution is -2.28. The molecule has 166 valence electrons. The minimum absolute atomic E-state index is 0.0369. The molecule has 0 saturated heterocycles. The number of carbonyl (C=O) groups is 2. The summed E-state index contributed by atoms with van der Waals surface area (Å²) in [6.45, 7) is -0.163. The number of hydrogen-bond donors (Lipinski definition) is 4. The number of rotatable bonds is 10. The topological polar surface area (TPSA) is 126 Å². The van der Waals surface area contributed by atoms with E-state index in [-0.39, 0.29) is 13.2 Å². The molecule has 0 fully saturated rings. The fourth-order valence-electron chi connectivity index (χ4n) is 2.63. The summed E-state index contributed by atoms with van der Waals surface area (Å²) < 4.78 is 17.5. The fourth-order valence-corrected chi connectivity index (χ4v) is 2.89. The summed E-state index contributed by atoms with van der Waals surface area (Å²) in [5.41, 5.74) is 2.46. The van der Waals surface area contributed by atoms with Crippen molar-refractivity contribution >= 4 is 33.6 Å². The predicted octanol–water partition coefficient (Wildman–Crippen LogP) is 3.19. The molecule has 9 nitrogen and oxygen atoms in total. The van der Waals surface area contributed by atoms with Crippen molar-refractivity contribution in [2.75, 3.05) is 25.6 Å². The van der Waals surface area contributed by atoms with Gasteiger partial charge in [0.05, 0.1) is 6.61 Å². The van der Waals surface area contributed by atoms with Gasteiger partial charge in [0, 0.05) is 28.9 Å². The van der Waals surface area contributed by atoms with Gasteiger partial charge < -0.3 is 19.3 Å². The fraction of sp³-hybridized carbons (Fsp3) is 0.238. The maximum atomic E-state index is 12.6. The van der Waals surface area contributed by atoms with E-state index in [1.54, 1.807) is 48.5 Å². The van der Waals surface area contributed by atoms with Gasteiger partial charge in [0.1, 0.15) is 18.5 Å². The minimum Gasteiger partial charge on any atom is -0.491 e. The van der Waals surface area contributed by atoms with E-state index in [0.717, 1.165) is 10.5 Å². The second kappa shape index (κ2) is 12.7. The van der Waals surface area contributed by atoms with Crippen LogP contribution in [0.15, 0.2) is 65.2 Å². The molecule has 2 atom stereocenters. The van der Waals surface area contributed by atoms with E-state index in [0.29, 0.717) is 17.0 Å². The smallest absolute Gasteiger partial charge is 0.412 e. The minimum atomic E-state index is -1.02. The van der Waals surface area contributed by atoms with Gasteiger partial charge in [-0.15, -0.1) is 0 Å². The van der Waals surface area contributed by atoms with Crippen LogP contribution < -0.4 is 15.5 Å². The summed E-state index contributed by atoms with van der Waals surface area (Å²) in [7, 11) is 1.38. The maximum Gasteiger partial charge on any atom is 0.412 e. The van der Waals surface area contributed by atoms with Crippen LogP contribution in [0.3, 0.4) is 0 Å². The maximum absolute atomic E-state index is 12.6. The molecule has 0 saturated carbocycles. The Labute approximate surface area is 187 Å². The Morgan fingerprint density at radius 2 is 1.87 bits per heavy atom. The lowest BCUT2D eigenvalue weighted by Gasteiger charge is -2.26. The molecule has 2 amide bonds. The summed E-state index contributed by atoms with van der Waals surface area (Å²) in [4.78, 5) is 24.0. The number of aliphatic hydroxyl groups is 1. The number of hydrogen-bond acceptors (Lipinski definition) is 7. The molecule has 0 aliphatic carbocycles. The molecule has 0 bridgehead atoms. The molecule has 31 heavy (non-hydrogen) atoms. The molecule has 0 aliphatic rings. The van der Waals surface area contributed by atoms with Crippen LogP contribution in [0.1, 0.15) is 11.7 Å². The highest BCUT2D eigenvalue weighted by Crippen LogP contribution is 2.32. The Kier molecular flexibility index (Phi) is 9.98. The third kappa shape index (κ3) is 7.68. The van der Waals surface area contributed by atoms with Gasteiger partial charge >= 0.3 is 6.09 Å². The van der Waals surface area contributed by atoms with Gasteiger partial charge in [0.15, 0.2) is 6.10 Å². The van der Waals surface area contributed by atoms with E-state index >= 15 is 0 Å². The van der Waals surface area contributed by atoms with E-state index in [1.807, 2.05) is 0 Å². The molecule has 2 aromatic rings. The van der Waals surface area contributed by atoms with Crippen molar-refractivity contribution in [3.8, 4) is 5.75 Å². The monoisotopic (exact) mass is 494 g/mol. The van der Waals surface area contributed by atoms with Crippen LogP contribution in [0.2, 0.25) is 0 Å². The van der Waals surface area contributed by atoms with Gasteiger partial charge in [0.25, 0.3) is 5.91 Å². The second-order valence-corrected chi connectivity index (χ2v) is 7.02. The van der Waals surface area contributed by atoms with Crippen molar-refractivity contribution < 1.29 is 34.1 Å². The van der Waals surface area contributed by atoms with Crippen LogP contribution in [0.25, 0.3) is 0 Å². The van der Waals surface area contributed by atoms with Crippen molar-refractivity contribution in [3.63, 3.8) is 0 Å². The highest BCUT2D eigenvalue weighted by Gasteiger charge is 2.28. The Morgan fingerprint density at radius 1 is 1.16 bits per heavy atom. The van der Waals surface area contributed by atoms with Crippen molar-refractivity contribution in [1.29, 1.82) is 0 Å². The van der Waals surface area contributed by atoms with Crippen molar-refractivity contribution in [3.05, 3.63) is 70.7 Å². The number of aliphatic hydroxyl groups excluding tert-OH is 1. The van der Waals surface area contributed by atoms with E-state index in [9.17, 15) is 9.59 Å². The molecular weight excluding hydrogens is 472 g/mol. The molecule has 2 rings (SSSR count). The zero-order chi connectivity index (χ0) is 22.6. The number of anilines is 1. The largest absolute Gasteiger partial charge is 0.491 e. The molecule has 2 aromatic carbocycles. The van der Waals surface area contributed by atoms with E-state index < -0.39 is 24.2 Å². The summed E-state index contributed by atoms with van der Waals surface area (Å²) in [6, 6.07) is 13.7. The SMILES string of the molecule is CO[C@H](/C=C/C(=O)NO)[C@H](OC(=O)Nc1ccc(Br)cc1)c1ccccc1OCCO. The quantitative estimate of drug-likeness (QED) is 0.227. The number of amides is 2. The number of ether oxygens (including phenoxy) is 3. The summed E-state index contributed by atoms with van der Waals surface area (Å²) in [5.74, 6) is -0.398. The number of para-hydroxylation sites is 1. The van der Waals surface area contributed by atoms with Crippen molar-refractivity contribution in [2.45, 2.75) is 12.2 Å². The van der Waals surface area contributed by atoms with Crippen LogP contribution in [-0.2, 0) is 14.3 Å². The Balaban J connectivity index is 2.32. The molecular formula is C21H23BrN2O7. The van der Waals surface area contributed by atoms with E-state index in [2.05, 4.69) is 21.2 Å². The van der Waals surface area contributed by atoms with Gasteiger partial charge in [-0.2, -0.15) is 0 Å². The number of benzene rings is 2. The van der Waals surface area contributed by atoms with Crippen LogP contribution in [0.4, 0.5) is 10.5 Å². The molecule has 0 radical (unpaired) electrons. The number of nitrogens with one attached hydrogen (secondary N) is 2. The van der Waals surface area contributed by atoms with Gasteiger partial charge in [-0.05, 0) is 36.4 Å². The molecule has 10 heteroatoms. The van der Waals surface area contributed by atoms with E-state index in [1.165, 1.54) is 18.7 Å². The average Bonchev–Trinajstić information content (AvgIpc) is 2.78. The molecule has 0 aromatic heterocycles. The number of halogens is 1. The summed E-state index contributed by atoms with van der Waals surface area (Å²) in [6.07, 6.45) is -0.281. The Morgan fingerprint density at radius 3 is 2.52 bits per heavy atom. The third-order valence-corrected chi connectivity index (χ3v) is 4.55. The number of methoxy groups -OCH3 is 1. The zero-order valence-electron chi connectivity index (χ0n) is 16.7. The lowest BCUT2D eigenvalue weighted by atomic mass is 10.0. The normalized spacial score (nSPS) is 12.8. The molecule has 0 heterocycles. The van der Waals surface area contributed by atoms with Crippen molar-refractivity contribution in [1.82, 2.24) is 5.48 Å². The first-order valence-corrected chi connectivity index (χ1v) is 9.98. The van der Waals surface area contributed by atoms with Gasteiger partial charge in [-0.25, -0.2) is 10.3 Å². The Bertz CT molecular complexity index is 890. The molecule has 4 N–H and O–H groups in total. The molecule has 0 aliphatic heterocycles. The number of carbonyl (C=O) groups excluding carboxylic acids is 2. The average molecular weight is 495 g/mol. The first-order valence-electron chi connectivity index (χ1n) is 9.19. The zero-order valence-corrected chi connectivity index (χ0v) is 18.2. The second-order valence-electron chi connectivity index (χ2n) is 6.10. The first-order chi connectivity index (χ1) is 15.0. The van der Waals surface area contributed by atoms with Crippen LogP contribution in [0.5, 0.6) is 5.75 Å². The lowest BCUT2D eigenvalue weighted by molar-refractivity contribution is -0.124. The highest BCUT2D eigenvalue weighted by molar-refractivity contribution is 9.10. The third-order valence-electron chi connectivity index (χ3n) is 4.02. The summed E-state index contributed by atoms with van der Waals surface area (Å²) >= 11 is 3.32. The predicted molar refractivity (Wildman–Crippen MR) is 116 cm³/mol. The first kappa shape index (κ1) is 24.4. The Hall–Kier alpha value is -2.92. The standard InChI is InChI=1S/C21H23BrN2O7/c1-29-18(10-11-19(26)24-28)20(16-4-2-3-5-17(16)30-13-12-25)31-21(27)23-15-8-6-14(22)7-9-15/h2-11,18,20,25,28H,12-13H2,1H3,(H,23,27)(H,24,26)/b11-10+/t18-,20-/m1/s1. The highest BCUT2D eigenvalue weighted by atomic mass is 79.9. The molecule has 0 spiro atoms. The van der Waals surface area contributed by atoms with Gasteiger partial charge in [-0.1, -0.05) is 34.1 Å². The van der Waals surface area contributed by atoms with Gasteiger partial charge in [-0.3, -0.25) is 15.3 Å².